The molecule has 0 aromatic heterocycles. The molecule has 0 unspecified atom stereocenters. The number of aromatic hydroxyl groups is 1. The zero-order chi connectivity index (χ0) is 16.4. The van der Waals surface area contributed by atoms with Crippen LogP contribution < -0.4 is 5.32 Å². The van der Waals surface area contributed by atoms with Gasteiger partial charge < -0.3 is 10.4 Å². The lowest BCUT2D eigenvalue weighted by Crippen LogP contribution is -2.19. The number of halogens is 2. The van der Waals surface area contributed by atoms with Crippen molar-refractivity contribution >= 4 is 66.5 Å². The molecule has 2 aromatic carbocycles. The van der Waals surface area contributed by atoms with Gasteiger partial charge in [0.15, 0.2) is 5.17 Å². The summed E-state index contributed by atoms with van der Waals surface area (Å²) in [4.78, 5) is 17.0. The van der Waals surface area contributed by atoms with Crippen LogP contribution in [0.4, 0.5) is 5.69 Å². The van der Waals surface area contributed by atoms with E-state index >= 15 is 0 Å². The number of aliphatic imine (C=N–C) groups is 1. The number of nitrogens with one attached hydrogen (secondary N) is 1. The van der Waals surface area contributed by atoms with Gasteiger partial charge in [0.05, 0.1) is 19.5 Å². The number of carbonyl (C=O) groups is 1. The van der Waals surface area contributed by atoms with Gasteiger partial charge in [-0.15, -0.1) is 0 Å². The average molecular weight is 454 g/mol. The van der Waals surface area contributed by atoms with Crippen molar-refractivity contribution in [3.63, 3.8) is 0 Å². The Kier molecular flexibility index (Phi) is 4.89. The third-order valence-corrected chi connectivity index (χ3v) is 5.09. The van der Waals surface area contributed by atoms with Crippen molar-refractivity contribution in [2.45, 2.75) is 0 Å². The molecule has 1 amide bonds. The second-order valence-corrected chi connectivity index (χ2v) is 7.39. The van der Waals surface area contributed by atoms with Gasteiger partial charge in [0.2, 0.25) is 0 Å². The molecule has 1 aliphatic rings. The van der Waals surface area contributed by atoms with Gasteiger partial charge in [0, 0.05) is 0 Å². The van der Waals surface area contributed by atoms with Crippen LogP contribution in [-0.2, 0) is 4.79 Å². The third kappa shape index (κ3) is 3.85. The van der Waals surface area contributed by atoms with Crippen LogP contribution in [0.2, 0.25) is 0 Å². The molecule has 1 aliphatic heterocycles. The number of carbonyl (C=O) groups excluding carboxylic acids is 1. The van der Waals surface area contributed by atoms with Crippen LogP contribution in [0.25, 0.3) is 6.08 Å². The first-order valence-electron chi connectivity index (χ1n) is 6.55. The number of hydrogen-bond donors (Lipinski definition) is 2. The molecule has 2 aromatic rings. The number of amides is 1. The van der Waals surface area contributed by atoms with Gasteiger partial charge in [0.1, 0.15) is 5.75 Å². The first-order chi connectivity index (χ1) is 11.0. The number of amidine groups is 1. The zero-order valence-corrected chi connectivity index (χ0v) is 15.6. The van der Waals surface area contributed by atoms with Crippen LogP contribution in [0, 0.1) is 0 Å². The molecule has 0 saturated carbocycles. The van der Waals surface area contributed by atoms with E-state index < -0.39 is 0 Å². The predicted octanol–water partition coefficient (Wildman–Crippen LogP) is 4.81. The number of benzene rings is 2. The van der Waals surface area contributed by atoms with E-state index in [4.69, 9.17) is 0 Å². The molecule has 2 N–H and O–H groups in total. The SMILES string of the molecule is O=C1NC(=Nc2ccccc2)S/C1=C\c1cc(Br)c(O)c(Br)c1. The Morgan fingerprint density at radius 1 is 1.13 bits per heavy atom. The van der Waals surface area contributed by atoms with E-state index in [0.29, 0.717) is 19.0 Å². The molecule has 23 heavy (non-hydrogen) atoms. The number of phenolic OH excluding ortho intramolecular Hbond substituents is 1. The van der Waals surface area contributed by atoms with Crippen molar-refractivity contribution in [3.8, 4) is 5.75 Å². The van der Waals surface area contributed by atoms with Crippen molar-refractivity contribution in [2.24, 2.45) is 4.99 Å². The van der Waals surface area contributed by atoms with E-state index in [1.54, 1.807) is 18.2 Å². The lowest BCUT2D eigenvalue weighted by Gasteiger charge is -2.02. The molecule has 1 fully saturated rings. The Balaban J connectivity index is 1.87. The highest BCUT2D eigenvalue weighted by atomic mass is 79.9. The fourth-order valence-electron chi connectivity index (χ4n) is 1.92. The number of thioether (sulfide) groups is 1. The van der Waals surface area contributed by atoms with E-state index in [1.807, 2.05) is 30.3 Å². The third-order valence-electron chi connectivity index (χ3n) is 2.97. The number of nitrogens with zero attached hydrogens (tertiary/aromatic N) is 1. The average Bonchev–Trinajstić information content (AvgIpc) is 2.85. The van der Waals surface area contributed by atoms with E-state index in [-0.39, 0.29) is 11.7 Å². The normalized spacial score (nSPS) is 17.7. The molecule has 1 heterocycles. The minimum atomic E-state index is -0.190. The summed E-state index contributed by atoms with van der Waals surface area (Å²) in [5, 5.41) is 13.0. The fraction of sp³-hybridized carbons (Fsp3) is 0. The van der Waals surface area contributed by atoms with Crippen LogP contribution >= 0.6 is 43.6 Å². The summed E-state index contributed by atoms with van der Waals surface area (Å²) in [5.41, 5.74) is 1.58. The van der Waals surface area contributed by atoms with Crippen molar-refractivity contribution in [3.05, 3.63) is 61.9 Å². The standard InChI is InChI=1S/C16H10Br2N2O2S/c17-11-6-9(7-12(18)14(11)21)8-13-15(22)20-16(23-13)19-10-4-2-1-3-5-10/h1-8,21H,(H,19,20,22)/b13-8-. The molecule has 7 heteroatoms. The molecule has 0 radical (unpaired) electrons. The first-order valence-corrected chi connectivity index (χ1v) is 8.96. The maximum Gasteiger partial charge on any atom is 0.264 e. The highest BCUT2D eigenvalue weighted by Crippen LogP contribution is 2.35. The van der Waals surface area contributed by atoms with E-state index in [0.717, 1.165) is 11.3 Å². The summed E-state index contributed by atoms with van der Waals surface area (Å²) in [5.74, 6) is -0.0630. The molecule has 4 nitrogen and oxygen atoms in total. The van der Waals surface area contributed by atoms with Crippen LogP contribution in [0.5, 0.6) is 5.75 Å². The van der Waals surface area contributed by atoms with E-state index in [9.17, 15) is 9.90 Å². The zero-order valence-electron chi connectivity index (χ0n) is 11.6. The molecule has 3 rings (SSSR count). The Labute approximate surface area is 154 Å². The number of phenols is 1. The molecule has 116 valence electrons. The summed E-state index contributed by atoms with van der Waals surface area (Å²) in [6, 6.07) is 12.9. The van der Waals surface area contributed by atoms with Gasteiger partial charge in [-0.25, -0.2) is 4.99 Å². The predicted molar refractivity (Wildman–Crippen MR) is 101 cm³/mol. The topological polar surface area (TPSA) is 61.7 Å². The molecule has 0 aliphatic carbocycles. The highest BCUT2D eigenvalue weighted by Gasteiger charge is 2.24. The Hall–Kier alpha value is -1.57. The number of para-hydroxylation sites is 1. The summed E-state index contributed by atoms with van der Waals surface area (Å²) >= 11 is 7.84. The number of rotatable bonds is 2. The van der Waals surface area contributed by atoms with Crippen LogP contribution in [0.1, 0.15) is 5.56 Å². The van der Waals surface area contributed by atoms with Gasteiger partial charge in [-0.1, -0.05) is 18.2 Å². The molecule has 0 bridgehead atoms. The fourth-order valence-corrected chi connectivity index (χ4v) is 3.98. The maximum atomic E-state index is 12.1. The van der Waals surface area contributed by atoms with Gasteiger partial charge in [-0.3, -0.25) is 4.79 Å². The molecule has 0 atom stereocenters. The highest BCUT2D eigenvalue weighted by molar-refractivity contribution is 9.11. The maximum absolute atomic E-state index is 12.1. The Morgan fingerprint density at radius 3 is 2.43 bits per heavy atom. The van der Waals surface area contributed by atoms with Gasteiger partial charge in [0.25, 0.3) is 5.91 Å². The molecular formula is C16H10Br2N2O2S. The van der Waals surface area contributed by atoms with Gasteiger partial charge in [-0.05, 0) is 79.5 Å². The minimum Gasteiger partial charge on any atom is -0.506 e. The lowest BCUT2D eigenvalue weighted by atomic mass is 10.2. The Bertz CT molecular complexity index is 812. The second-order valence-electron chi connectivity index (χ2n) is 4.65. The minimum absolute atomic E-state index is 0.127. The van der Waals surface area contributed by atoms with Crippen LogP contribution in [-0.4, -0.2) is 16.2 Å². The largest absolute Gasteiger partial charge is 0.506 e. The van der Waals surface area contributed by atoms with Crippen molar-refractivity contribution < 1.29 is 9.90 Å². The molecular weight excluding hydrogens is 444 g/mol. The monoisotopic (exact) mass is 452 g/mol. The van der Waals surface area contributed by atoms with Crippen molar-refractivity contribution in [2.75, 3.05) is 0 Å². The van der Waals surface area contributed by atoms with E-state index in [1.165, 1.54) is 11.8 Å². The lowest BCUT2D eigenvalue weighted by molar-refractivity contribution is -0.115. The van der Waals surface area contributed by atoms with Crippen molar-refractivity contribution in [1.29, 1.82) is 0 Å². The smallest absolute Gasteiger partial charge is 0.264 e. The number of hydrogen-bond acceptors (Lipinski definition) is 4. The van der Waals surface area contributed by atoms with E-state index in [2.05, 4.69) is 42.2 Å². The van der Waals surface area contributed by atoms with Crippen LogP contribution in [0.3, 0.4) is 0 Å². The van der Waals surface area contributed by atoms with Gasteiger partial charge in [-0.2, -0.15) is 0 Å². The first kappa shape index (κ1) is 16.3. The van der Waals surface area contributed by atoms with Crippen LogP contribution in [0.15, 0.2) is 61.3 Å². The molecule has 1 saturated heterocycles. The summed E-state index contributed by atoms with van der Waals surface area (Å²) in [7, 11) is 0. The second kappa shape index (κ2) is 6.90. The molecule has 0 spiro atoms. The summed E-state index contributed by atoms with van der Waals surface area (Å²) in [6.07, 6.45) is 1.75. The summed E-state index contributed by atoms with van der Waals surface area (Å²) < 4.78 is 1.11. The van der Waals surface area contributed by atoms with Gasteiger partial charge >= 0.3 is 0 Å². The Morgan fingerprint density at radius 2 is 1.78 bits per heavy atom. The summed E-state index contributed by atoms with van der Waals surface area (Å²) in [6.45, 7) is 0. The van der Waals surface area contributed by atoms with Crippen molar-refractivity contribution in [1.82, 2.24) is 5.32 Å². The quantitative estimate of drug-likeness (QED) is 0.641.